The molecule has 2 saturated heterocycles. The molecule has 1 aliphatic carbocycles. The van der Waals surface area contributed by atoms with E-state index in [1.807, 2.05) is 29.2 Å². The van der Waals surface area contributed by atoms with Crippen LogP contribution in [0.15, 0.2) is 24.3 Å². The Hall–Kier alpha value is -1.51. The number of anilines is 2. The fraction of sp³-hybridized carbons (Fsp3) is 0.364. The summed E-state index contributed by atoms with van der Waals surface area (Å²) in [6, 6.07) is 8.00. The molecule has 2 N–H and O–H groups in total. The first-order valence-electron chi connectivity index (χ1n) is 4.95. The summed E-state index contributed by atoms with van der Waals surface area (Å²) >= 11 is 0. The van der Waals surface area contributed by atoms with Gasteiger partial charge in [0.15, 0.2) is 0 Å². The number of amides is 1. The lowest BCUT2D eigenvalue weighted by molar-refractivity contribution is -0.119. The van der Waals surface area contributed by atoms with Gasteiger partial charge in [-0.25, -0.2) is 0 Å². The van der Waals surface area contributed by atoms with Crippen molar-refractivity contribution in [2.24, 2.45) is 5.92 Å². The lowest BCUT2D eigenvalue weighted by atomic mass is 9.86. The van der Waals surface area contributed by atoms with Crippen LogP contribution >= 0.6 is 0 Å². The summed E-state index contributed by atoms with van der Waals surface area (Å²) < 4.78 is 0. The number of hydrogen-bond acceptors (Lipinski definition) is 2. The Bertz CT molecular complexity index is 396. The first-order valence-corrected chi connectivity index (χ1v) is 4.95. The van der Waals surface area contributed by atoms with Crippen LogP contribution in [0.2, 0.25) is 0 Å². The van der Waals surface area contributed by atoms with E-state index in [0.717, 1.165) is 18.5 Å². The molecular weight excluding hydrogens is 176 g/mol. The van der Waals surface area contributed by atoms with Gasteiger partial charge in [0.2, 0.25) is 5.91 Å². The number of rotatable bonds is 1. The van der Waals surface area contributed by atoms with Crippen LogP contribution in [-0.2, 0) is 4.79 Å². The molecule has 0 spiro atoms. The van der Waals surface area contributed by atoms with Crippen LogP contribution in [0.1, 0.15) is 12.8 Å². The average Bonchev–Trinajstić information content (AvgIpc) is 2.56. The largest absolute Gasteiger partial charge is 0.397 e. The highest BCUT2D eigenvalue weighted by Gasteiger charge is 2.50. The molecule has 3 nitrogen and oxygen atoms in total. The van der Waals surface area contributed by atoms with Crippen molar-refractivity contribution in [1.82, 2.24) is 0 Å². The lowest BCUT2D eigenvalue weighted by Crippen LogP contribution is -2.30. The number of hydrogen-bond donors (Lipinski definition) is 1. The van der Waals surface area contributed by atoms with Gasteiger partial charge in [-0.3, -0.25) is 4.79 Å². The summed E-state index contributed by atoms with van der Waals surface area (Å²) in [5, 5.41) is 0. The Morgan fingerprint density at radius 2 is 2.00 bits per heavy atom. The Labute approximate surface area is 82.5 Å². The van der Waals surface area contributed by atoms with Gasteiger partial charge in [-0.1, -0.05) is 12.1 Å². The van der Waals surface area contributed by atoms with E-state index in [9.17, 15) is 4.79 Å². The summed E-state index contributed by atoms with van der Waals surface area (Å²) in [5.74, 6) is 0.535. The molecule has 1 amide bonds. The quantitative estimate of drug-likeness (QED) is 0.677. The molecule has 1 aromatic rings. The average molecular weight is 188 g/mol. The van der Waals surface area contributed by atoms with Crippen LogP contribution in [0, 0.1) is 5.92 Å². The molecule has 3 aliphatic rings. The Morgan fingerprint density at radius 3 is 2.57 bits per heavy atom. The second-order valence-electron chi connectivity index (χ2n) is 4.09. The number of carbonyl (C=O) groups excluding carboxylic acids is 1. The zero-order valence-corrected chi connectivity index (χ0v) is 7.81. The van der Waals surface area contributed by atoms with Gasteiger partial charge in [-0.05, 0) is 25.0 Å². The normalized spacial score (nSPS) is 29.1. The molecule has 2 heterocycles. The highest BCUT2D eigenvalue weighted by molar-refractivity contribution is 6.02. The van der Waals surface area contributed by atoms with Crippen molar-refractivity contribution >= 4 is 17.3 Å². The van der Waals surface area contributed by atoms with Gasteiger partial charge in [-0.2, -0.15) is 0 Å². The second-order valence-corrected chi connectivity index (χ2v) is 4.09. The Morgan fingerprint density at radius 1 is 1.29 bits per heavy atom. The van der Waals surface area contributed by atoms with E-state index in [1.54, 1.807) is 0 Å². The minimum Gasteiger partial charge on any atom is -0.397 e. The van der Waals surface area contributed by atoms with Crippen LogP contribution in [0.25, 0.3) is 0 Å². The van der Waals surface area contributed by atoms with E-state index in [4.69, 9.17) is 5.73 Å². The standard InChI is InChI=1S/C11H12N2O/c12-9-3-1-2-4-10(9)13-8-5-7(6-8)11(13)14/h1-4,7-8H,5-6,12H2. The molecule has 2 bridgehead atoms. The third kappa shape index (κ3) is 0.842. The number of nitrogen functional groups attached to an aromatic ring is 1. The number of carbonyl (C=O) groups is 1. The molecule has 3 fully saturated rings. The van der Waals surface area contributed by atoms with Crippen molar-refractivity contribution in [3.8, 4) is 0 Å². The fourth-order valence-electron chi connectivity index (χ4n) is 2.40. The molecule has 0 atom stereocenters. The molecule has 14 heavy (non-hydrogen) atoms. The lowest BCUT2D eigenvalue weighted by Gasteiger charge is -2.25. The molecular formula is C11H12N2O. The van der Waals surface area contributed by atoms with Crippen molar-refractivity contribution in [2.75, 3.05) is 10.6 Å². The number of para-hydroxylation sites is 2. The second kappa shape index (κ2) is 2.50. The maximum absolute atomic E-state index is 11.8. The molecule has 72 valence electrons. The van der Waals surface area contributed by atoms with Crippen LogP contribution in [0.4, 0.5) is 11.4 Å². The molecule has 0 unspecified atom stereocenters. The maximum atomic E-state index is 11.8. The van der Waals surface area contributed by atoms with E-state index in [1.165, 1.54) is 0 Å². The fourth-order valence-corrected chi connectivity index (χ4v) is 2.40. The molecule has 0 aromatic heterocycles. The molecule has 1 aromatic carbocycles. The first kappa shape index (κ1) is 7.85. The summed E-state index contributed by atoms with van der Waals surface area (Å²) in [4.78, 5) is 13.6. The zero-order valence-electron chi connectivity index (χ0n) is 7.81. The summed E-state index contributed by atoms with van der Waals surface area (Å²) in [7, 11) is 0. The number of fused-ring (bicyclic) bond motifs is 1. The van der Waals surface area contributed by atoms with E-state index in [2.05, 4.69) is 0 Å². The van der Waals surface area contributed by atoms with Crippen LogP contribution in [0.3, 0.4) is 0 Å². The van der Waals surface area contributed by atoms with Gasteiger partial charge in [0.1, 0.15) is 0 Å². The van der Waals surface area contributed by atoms with E-state index in [0.29, 0.717) is 11.7 Å². The molecule has 1 saturated carbocycles. The monoisotopic (exact) mass is 188 g/mol. The van der Waals surface area contributed by atoms with Crippen LogP contribution in [-0.4, -0.2) is 11.9 Å². The highest BCUT2D eigenvalue weighted by Crippen LogP contribution is 2.45. The highest BCUT2D eigenvalue weighted by atomic mass is 16.2. The van der Waals surface area contributed by atoms with Crippen molar-refractivity contribution in [2.45, 2.75) is 18.9 Å². The van der Waals surface area contributed by atoms with Crippen molar-refractivity contribution in [3.05, 3.63) is 24.3 Å². The van der Waals surface area contributed by atoms with Crippen molar-refractivity contribution in [3.63, 3.8) is 0 Å². The summed E-state index contributed by atoms with van der Waals surface area (Å²) in [5.41, 5.74) is 7.44. The minimum absolute atomic E-state index is 0.257. The topological polar surface area (TPSA) is 46.3 Å². The zero-order chi connectivity index (χ0) is 9.71. The van der Waals surface area contributed by atoms with Gasteiger partial charge in [0, 0.05) is 12.0 Å². The van der Waals surface area contributed by atoms with E-state index < -0.39 is 0 Å². The van der Waals surface area contributed by atoms with Gasteiger partial charge in [0.05, 0.1) is 11.4 Å². The Kier molecular flexibility index (Phi) is 1.40. The maximum Gasteiger partial charge on any atom is 0.230 e. The number of benzene rings is 1. The SMILES string of the molecule is Nc1ccccc1N1C(=O)C2CC1C2. The third-order valence-electron chi connectivity index (χ3n) is 3.26. The molecule has 2 aliphatic heterocycles. The smallest absolute Gasteiger partial charge is 0.230 e. The summed E-state index contributed by atoms with van der Waals surface area (Å²) in [6.07, 6.45) is 2.04. The predicted octanol–water partition coefficient (Wildman–Crippen LogP) is 1.39. The molecule has 4 rings (SSSR count). The molecule has 3 heteroatoms. The van der Waals surface area contributed by atoms with Gasteiger partial charge >= 0.3 is 0 Å². The number of nitrogens with two attached hydrogens (primary N) is 1. The molecule has 0 radical (unpaired) electrons. The van der Waals surface area contributed by atoms with Crippen molar-refractivity contribution in [1.29, 1.82) is 0 Å². The predicted molar refractivity (Wildman–Crippen MR) is 54.9 cm³/mol. The minimum atomic E-state index is 0.257. The third-order valence-corrected chi connectivity index (χ3v) is 3.26. The Balaban J connectivity index is 2.04. The first-order chi connectivity index (χ1) is 6.77. The summed E-state index contributed by atoms with van der Waals surface area (Å²) in [6.45, 7) is 0. The van der Waals surface area contributed by atoms with Gasteiger partial charge in [0.25, 0.3) is 0 Å². The van der Waals surface area contributed by atoms with Gasteiger partial charge in [-0.15, -0.1) is 0 Å². The van der Waals surface area contributed by atoms with Crippen LogP contribution < -0.4 is 10.6 Å². The number of nitrogens with zero attached hydrogens (tertiary/aromatic N) is 1. The van der Waals surface area contributed by atoms with Crippen molar-refractivity contribution < 1.29 is 4.79 Å². The van der Waals surface area contributed by atoms with Crippen LogP contribution in [0.5, 0.6) is 0 Å². The van der Waals surface area contributed by atoms with E-state index >= 15 is 0 Å². The van der Waals surface area contributed by atoms with Gasteiger partial charge < -0.3 is 10.6 Å². The van der Waals surface area contributed by atoms with E-state index in [-0.39, 0.29) is 11.8 Å².